The molecule has 0 spiro atoms. The van der Waals surface area contributed by atoms with Gasteiger partial charge in [0.25, 0.3) is 0 Å². The van der Waals surface area contributed by atoms with Crippen LogP contribution in [0.25, 0.3) is 0 Å². The van der Waals surface area contributed by atoms with Gasteiger partial charge in [-0.1, -0.05) is 43.2 Å². The molecule has 0 aromatic heterocycles. The van der Waals surface area contributed by atoms with E-state index in [0.717, 1.165) is 13.0 Å². The molecular formula is C18H25NO2. The number of hydrogen-bond acceptors (Lipinski definition) is 2. The fourth-order valence-electron chi connectivity index (χ4n) is 3.93. The van der Waals surface area contributed by atoms with E-state index in [-0.39, 0.29) is 18.4 Å². The Morgan fingerprint density at radius 2 is 1.76 bits per heavy atom. The summed E-state index contributed by atoms with van der Waals surface area (Å²) >= 11 is 0. The normalized spacial score (nSPS) is 27.0. The maximum atomic E-state index is 12.7. The molecule has 2 saturated carbocycles. The molecule has 3 heteroatoms. The number of hydrogen-bond donors (Lipinski definition) is 1. The summed E-state index contributed by atoms with van der Waals surface area (Å²) in [6, 6.07) is 10.3. The van der Waals surface area contributed by atoms with Gasteiger partial charge in [0.2, 0.25) is 5.91 Å². The van der Waals surface area contributed by atoms with Crippen molar-refractivity contribution in [3.8, 4) is 0 Å². The summed E-state index contributed by atoms with van der Waals surface area (Å²) in [4.78, 5) is 14.6. The zero-order valence-electron chi connectivity index (χ0n) is 12.6. The van der Waals surface area contributed by atoms with Crippen LogP contribution in [0.4, 0.5) is 0 Å². The summed E-state index contributed by atoms with van der Waals surface area (Å²) in [6.07, 6.45) is 5.90. The van der Waals surface area contributed by atoms with E-state index < -0.39 is 0 Å². The van der Waals surface area contributed by atoms with E-state index in [1.54, 1.807) is 0 Å². The highest BCUT2D eigenvalue weighted by Crippen LogP contribution is 2.56. The first-order valence-corrected chi connectivity index (χ1v) is 8.25. The third-order valence-corrected chi connectivity index (χ3v) is 5.14. The van der Waals surface area contributed by atoms with E-state index in [4.69, 9.17) is 0 Å². The number of nitrogens with zero attached hydrogens (tertiary/aromatic N) is 1. The maximum absolute atomic E-state index is 12.7. The molecule has 3 nitrogen and oxygen atoms in total. The largest absolute Gasteiger partial charge is 0.395 e. The number of fused-ring (bicyclic) bond motifs is 1. The highest BCUT2D eigenvalue weighted by molar-refractivity contribution is 5.82. The van der Waals surface area contributed by atoms with Crippen LogP contribution in [-0.4, -0.2) is 35.6 Å². The molecule has 1 aromatic rings. The third kappa shape index (κ3) is 3.29. The van der Waals surface area contributed by atoms with Crippen molar-refractivity contribution >= 4 is 5.91 Å². The van der Waals surface area contributed by atoms with E-state index in [9.17, 15) is 9.90 Å². The zero-order valence-corrected chi connectivity index (χ0v) is 12.6. The number of aliphatic hydroxyl groups excluding tert-OH is 1. The number of benzene rings is 1. The van der Waals surface area contributed by atoms with Crippen molar-refractivity contribution in [1.82, 2.24) is 4.90 Å². The second-order valence-electron chi connectivity index (χ2n) is 6.42. The van der Waals surface area contributed by atoms with Gasteiger partial charge in [0.1, 0.15) is 0 Å². The van der Waals surface area contributed by atoms with Gasteiger partial charge in [0, 0.05) is 19.0 Å². The van der Waals surface area contributed by atoms with Crippen LogP contribution in [0.1, 0.15) is 31.2 Å². The molecule has 2 atom stereocenters. The lowest BCUT2D eigenvalue weighted by Crippen LogP contribution is -2.37. The first-order chi connectivity index (χ1) is 10.3. The molecule has 0 saturated heterocycles. The molecule has 21 heavy (non-hydrogen) atoms. The lowest BCUT2D eigenvalue weighted by molar-refractivity contribution is -0.133. The van der Waals surface area contributed by atoms with Crippen molar-refractivity contribution in [2.45, 2.75) is 32.1 Å². The van der Waals surface area contributed by atoms with Crippen molar-refractivity contribution in [2.75, 3.05) is 19.7 Å². The maximum Gasteiger partial charge on any atom is 0.226 e. The lowest BCUT2D eigenvalue weighted by atomic mass is 10.0. The van der Waals surface area contributed by atoms with Crippen molar-refractivity contribution in [1.29, 1.82) is 0 Å². The molecule has 2 aliphatic carbocycles. The first kappa shape index (κ1) is 14.6. The smallest absolute Gasteiger partial charge is 0.226 e. The molecule has 2 unspecified atom stereocenters. The van der Waals surface area contributed by atoms with Crippen LogP contribution in [0.3, 0.4) is 0 Å². The summed E-state index contributed by atoms with van der Waals surface area (Å²) in [5.41, 5.74) is 1.25. The predicted molar refractivity (Wildman–Crippen MR) is 82.7 cm³/mol. The topological polar surface area (TPSA) is 40.5 Å². The van der Waals surface area contributed by atoms with Crippen molar-refractivity contribution in [3.63, 3.8) is 0 Å². The monoisotopic (exact) mass is 287 g/mol. The van der Waals surface area contributed by atoms with Gasteiger partial charge in [0.05, 0.1) is 6.61 Å². The summed E-state index contributed by atoms with van der Waals surface area (Å²) in [5.74, 6) is 1.83. The van der Waals surface area contributed by atoms with Crippen LogP contribution in [0.15, 0.2) is 30.3 Å². The Bertz CT molecular complexity index is 461. The van der Waals surface area contributed by atoms with Crippen LogP contribution in [0.2, 0.25) is 0 Å². The molecule has 3 rings (SSSR count). The van der Waals surface area contributed by atoms with Crippen LogP contribution in [-0.2, 0) is 11.2 Å². The average Bonchev–Trinajstić information content (AvgIpc) is 3.26. The fourth-order valence-corrected chi connectivity index (χ4v) is 3.93. The SMILES string of the molecule is O=C(C1C2CCCCC21)N(CCO)CCc1ccccc1. The Labute approximate surface area is 127 Å². The molecule has 1 aromatic carbocycles. The molecule has 2 aliphatic rings. The average molecular weight is 287 g/mol. The molecule has 0 aliphatic heterocycles. The summed E-state index contributed by atoms with van der Waals surface area (Å²) < 4.78 is 0. The highest BCUT2D eigenvalue weighted by Gasteiger charge is 2.55. The zero-order chi connectivity index (χ0) is 14.7. The minimum atomic E-state index is 0.0581. The van der Waals surface area contributed by atoms with Gasteiger partial charge in [-0.2, -0.15) is 0 Å². The Morgan fingerprint density at radius 1 is 1.10 bits per heavy atom. The Balaban J connectivity index is 1.57. The van der Waals surface area contributed by atoms with Crippen molar-refractivity contribution in [2.24, 2.45) is 17.8 Å². The lowest BCUT2D eigenvalue weighted by Gasteiger charge is -2.22. The van der Waals surface area contributed by atoms with E-state index in [2.05, 4.69) is 12.1 Å². The Morgan fingerprint density at radius 3 is 2.38 bits per heavy atom. The quantitative estimate of drug-likeness (QED) is 0.873. The van der Waals surface area contributed by atoms with Gasteiger partial charge < -0.3 is 10.0 Å². The predicted octanol–water partition coefficient (Wildman–Crippen LogP) is 2.49. The first-order valence-electron chi connectivity index (χ1n) is 8.25. The van der Waals surface area contributed by atoms with E-state index in [0.29, 0.717) is 18.4 Å². The molecule has 0 bridgehead atoms. The molecule has 114 valence electrons. The number of aliphatic hydroxyl groups is 1. The van der Waals surface area contributed by atoms with Crippen LogP contribution >= 0.6 is 0 Å². The highest BCUT2D eigenvalue weighted by atomic mass is 16.3. The van der Waals surface area contributed by atoms with E-state index in [1.807, 2.05) is 23.1 Å². The Hall–Kier alpha value is -1.35. The van der Waals surface area contributed by atoms with E-state index >= 15 is 0 Å². The van der Waals surface area contributed by atoms with Gasteiger partial charge in [-0.3, -0.25) is 4.79 Å². The molecule has 0 radical (unpaired) electrons. The second kappa shape index (κ2) is 6.61. The van der Waals surface area contributed by atoms with Gasteiger partial charge in [0.15, 0.2) is 0 Å². The molecule has 1 amide bonds. The summed E-state index contributed by atoms with van der Waals surface area (Å²) in [6.45, 7) is 1.25. The van der Waals surface area contributed by atoms with Crippen LogP contribution < -0.4 is 0 Å². The number of rotatable bonds is 6. The number of carbonyl (C=O) groups excluding carboxylic acids is 1. The summed E-state index contributed by atoms with van der Waals surface area (Å²) in [7, 11) is 0. The molecular weight excluding hydrogens is 262 g/mol. The Kier molecular flexibility index (Phi) is 4.59. The third-order valence-electron chi connectivity index (χ3n) is 5.14. The van der Waals surface area contributed by atoms with E-state index in [1.165, 1.54) is 31.2 Å². The minimum Gasteiger partial charge on any atom is -0.395 e. The fraction of sp³-hybridized carbons (Fsp3) is 0.611. The van der Waals surface area contributed by atoms with Crippen molar-refractivity contribution in [3.05, 3.63) is 35.9 Å². The van der Waals surface area contributed by atoms with Crippen LogP contribution in [0.5, 0.6) is 0 Å². The van der Waals surface area contributed by atoms with Gasteiger partial charge in [-0.05, 0) is 36.7 Å². The minimum absolute atomic E-state index is 0.0581. The van der Waals surface area contributed by atoms with Gasteiger partial charge in [-0.15, -0.1) is 0 Å². The molecule has 2 fully saturated rings. The van der Waals surface area contributed by atoms with Gasteiger partial charge in [-0.25, -0.2) is 0 Å². The number of carbonyl (C=O) groups is 1. The van der Waals surface area contributed by atoms with Crippen LogP contribution in [0, 0.1) is 17.8 Å². The van der Waals surface area contributed by atoms with Crippen molar-refractivity contribution < 1.29 is 9.90 Å². The number of amides is 1. The molecule has 0 heterocycles. The molecule has 1 N–H and O–H groups in total. The summed E-state index contributed by atoms with van der Waals surface area (Å²) in [5, 5.41) is 9.25. The van der Waals surface area contributed by atoms with Gasteiger partial charge >= 0.3 is 0 Å². The standard InChI is InChI=1S/C18H25NO2/c20-13-12-19(11-10-14-6-2-1-3-7-14)18(21)17-15-8-4-5-9-16(15)17/h1-3,6-7,15-17,20H,4-5,8-13H2. The second-order valence-corrected chi connectivity index (χ2v) is 6.42.